The predicted molar refractivity (Wildman–Crippen MR) is 106 cm³/mol. The molecule has 25 heavy (non-hydrogen) atoms. The number of piperazine rings is 1. The second kappa shape index (κ2) is 7.75. The summed E-state index contributed by atoms with van der Waals surface area (Å²) >= 11 is 1.91. The highest BCUT2D eigenvalue weighted by molar-refractivity contribution is 7.15. The number of benzene rings is 1. The molecule has 134 valence electrons. The minimum atomic E-state index is 0.876. The van der Waals surface area contributed by atoms with E-state index < -0.39 is 0 Å². The fourth-order valence-electron chi connectivity index (χ4n) is 3.87. The third-order valence-corrected chi connectivity index (χ3v) is 6.67. The van der Waals surface area contributed by atoms with Gasteiger partial charge in [-0.1, -0.05) is 36.5 Å². The number of thiazole rings is 1. The molecule has 2 aliphatic heterocycles. The van der Waals surface area contributed by atoms with Gasteiger partial charge in [-0.2, -0.15) is 0 Å². The third kappa shape index (κ3) is 4.15. The molecule has 0 bridgehead atoms. The average molecular weight is 358 g/mol. The zero-order chi connectivity index (χ0) is 17.1. The largest absolute Gasteiger partial charge is 0.360 e. The normalized spacial score (nSPS) is 20.2. The maximum absolute atomic E-state index is 4.71. The van der Waals surface area contributed by atoms with Gasteiger partial charge in [-0.3, -0.25) is 0 Å². The van der Waals surface area contributed by atoms with Gasteiger partial charge in [0.05, 0.1) is 31.1 Å². The van der Waals surface area contributed by atoms with E-state index in [9.17, 15) is 0 Å². The molecule has 1 aromatic heterocycles. The van der Waals surface area contributed by atoms with Crippen molar-refractivity contribution in [2.24, 2.45) is 5.92 Å². The smallest absolute Gasteiger partial charge is 0.185 e. The molecule has 1 aromatic carbocycles. The van der Waals surface area contributed by atoms with Gasteiger partial charge in [-0.25, -0.2) is 4.98 Å². The quantitative estimate of drug-likeness (QED) is 0.908. The molecule has 0 spiro atoms. The molecule has 0 radical (unpaired) electrons. The number of piperidine rings is 1. The monoisotopic (exact) mass is 357 g/mol. The third-order valence-electron chi connectivity index (χ3n) is 5.61. The molecular weight excluding hydrogens is 328 g/mol. The van der Waals surface area contributed by atoms with Crippen LogP contribution < -0.4 is 14.7 Å². The molecule has 0 saturated carbocycles. The Labute approximate surface area is 155 Å². The van der Waals surface area contributed by atoms with E-state index in [-0.39, 0.29) is 0 Å². The zero-order valence-corrected chi connectivity index (χ0v) is 16.0. The Bertz CT molecular complexity index is 655. The zero-order valence-electron chi connectivity index (χ0n) is 15.2. The number of nitrogens with one attached hydrogen (secondary N) is 1. The topological polar surface area (TPSA) is 23.8 Å². The molecule has 0 aliphatic carbocycles. The number of anilines is 2. The molecule has 3 heterocycles. The number of rotatable bonds is 4. The van der Waals surface area contributed by atoms with Crippen LogP contribution in [-0.2, 0) is 6.54 Å². The van der Waals surface area contributed by atoms with Gasteiger partial charge in [-0.05, 0) is 30.9 Å². The van der Waals surface area contributed by atoms with Crippen molar-refractivity contribution in [3.05, 3.63) is 41.4 Å². The Hall–Kier alpha value is -1.59. The van der Waals surface area contributed by atoms with Gasteiger partial charge < -0.3 is 14.7 Å². The van der Waals surface area contributed by atoms with Crippen LogP contribution in [-0.4, -0.2) is 44.3 Å². The molecule has 5 heteroatoms. The van der Waals surface area contributed by atoms with Gasteiger partial charge in [0.2, 0.25) is 0 Å². The van der Waals surface area contributed by atoms with E-state index in [1.807, 2.05) is 11.3 Å². The van der Waals surface area contributed by atoms with Crippen LogP contribution in [0.1, 0.15) is 24.6 Å². The second-order valence-corrected chi connectivity index (χ2v) is 8.62. The highest BCUT2D eigenvalue weighted by Gasteiger charge is 2.22. The average Bonchev–Trinajstić information content (AvgIpc) is 3.12. The predicted octanol–water partition coefficient (Wildman–Crippen LogP) is 2.28. The maximum atomic E-state index is 4.71. The van der Waals surface area contributed by atoms with Crippen LogP contribution in [0, 0.1) is 5.92 Å². The van der Waals surface area contributed by atoms with E-state index in [1.54, 1.807) is 4.90 Å². The number of hydrogen-bond acceptors (Lipinski definition) is 4. The van der Waals surface area contributed by atoms with Gasteiger partial charge in [0.15, 0.2) is 5.13 Å². The molecule has 0 amide bonds. The Kier molecular flexibility index (Phi) is 5.22. The lowest BCUT2D eigenvalue weighted by Gasteiger charge is -2.33. The summed E-state index contributed by atoms with van der Waals surface area (Å²) in [6.07, 6.45) is 4.73. The molecule has 0 unspecified atom stereocenters. The summed E-state index contributed by atoms with van der Waals surface area (Å²) in [5.74, 6) is 0.876. The second-order valence-electron chi connectivity index (χ2n) is 7.53. The van der Waals surface area contributed by atoms with Crippen molar-refractivity contribution in [2.45, 2.75) is 26.3 Å². The van der Waals surface area contributed by atoms with Crippen molar-refractivity contribution >= 4 is 22.2 Å². The van der Waals surface area contributed by atoms with Gasteiger partial charge >= 0.3 is 0 Å². The first-order valence-electron chi connectivity index (χ1n) is 9.61. The van der Waals surface area contributed by atoms with E-state index in [0.717, 1.165) is 25.6 Å². The lowest BCUT2D eigenvalue weighted by atomic mass is 10.00. The maximum Gasteiger partial charge on any atom is 0.185 e. The van der Waals surface area contributed by atoms with Crippen molar-refractivity contribution in [1.82, 2.24) is 4.98 Å². The van der Waals surface area contributed by atoms with E-state index >= 15 is 0 Å². The van der Waals surface area contributed by atoms with E-state index in [1.165, 1.54) is 54.7 Å². The van der Waals surface area contributed by atoms with Gasteiger partial charge in [0, 0.05) is 25.0 Å². The summed E-state index contributed by atoms with van der Waals surface area (Å²) in [5.41, 5.74) is 1.36. The fraction of sp³-hybridized carbons (Fsp3) is 0.550. The molecule has 2 aromatic rings. The minimum Gasteiger partial charge on any atom is -0.360 e. The van der Waals surface area contributed by atoms with Crippen molar-refractivity contribution < 1.29 is 4.90 Å². The summed E-state index contributed by atoms with van der Waals surface area (Å²) in [6.45, 7) is 10.6. The van der Waals surface area contributed by atoms with Crippen molar-refractivity contribution in [2.75, 3.05) is 49.1 Å². The molecule has 2 fully saturated rings. The number of nitrogens with zero attached hydrogens (tertiary/aromatic N) is 3. The molecule has 2 saturated heterocycles. The molecular formula is C20H29N4S+. The van der Waals surface area contributed by atoms with E-state index in [2.05, 4.69) is 53.3 Å². The standard InChI is InChI=1S/C20H28N4S/c1-17-7-9-24(10-8-17)20-21-15-19(25-20)16-22-11-13-23(14-12-22)18-5-3-2-4-6-18/h2-6,15,17H,7-14,16H2,1H3/p+1. The molecule has 1 N–H and O–H groups in total. The summed E-state index contributed by atoms with van der Waals surface area (Å²) in [4.78, 5) is 12.8. The van der Waals surface area contributed by atoms with E-state index in [0.29, 0.717) is 0 Å². The first-order valence-corrected chi connectivity index (χ1v) is 10.4. The van der Waals surface area contributed by atoms with Gasteiger partial charge in [0.25, 0.3) is 0 Å². The van der Waals surface area contributed by atoms with Crippen LogP contribution >= 0.6 is 11.3 Å². The summed E-state index contributed by atoms with van der Waals surface area (Å²) in [7, 11) is 0. The highest BCUT2D eigenvalue weighted by atomic mass is 32.1. The Balaban J connectivity index is 1.29. The van der Waals surface area contributed by atoms with Crippen LogP contribution in [0.25, 0.3) is 0 Å². The lowest BCUT2D eigenvalue weighted by Crippen LogP contribution is -3.13. The minimum absolute atomic E-state index is 0.876. The Morgan fingerprint density at radius 2 is 1.76 bits per heavy atom. The number of para-hydroxylation sites is 1. The van der Waals surface area contributed by atoms with Crippen LogP contribution in [0.2, 0.25) is 0 Å². The number of quaternary nitrogens is 1. The Morgan fingerprint density at radius 3 is 2.48 bits per heavy atom. The van der Waals surface area contributed by atoms with Crippen LogP contribution in [0.3, 0.4) is 0 Å². The van der Waals surface area contributed by atoms with E-state index in [4.69, 9.17) is 4.98 Å². The van der Waals surface area contributed by atoms with Crippen molar-refractivity contribution in [3.63, 3.8) is 0 Å². The van der Waals surface area contributed by atoms with Crippen LogP contribution in [0.15, 0.2) is 36.5 Å². The van der Waals surface area contributed by atoms with Gasteiger partial charge in [-0.15, -0.1) is 0 Å². The molecule has 4 rings (SSSR count). The Morgan fingerprint density at radius 1 is 1.04 bits per heavy atom. The molecule has 2 aliphatic rings. The van der Waals surface area contributed by atoms with Crippen molar-refractivity contribution in [3.8, 4) is 0 Å². The number of aromatic nitrogens is 1. The van der Waals surface area contributed by atoms with Crippen LogP contribution in [0.4, 0.5) is 10.8 Å². The first-order chi connectivity index (χ1) is 12.3. The van der Waals surface area contributed by atoms with Gasteiger partial charge in [0.1, 0.15) is 6.54 Å². The van der Waals surface area contributed by atoms with Crippen LogP contribution in [0.5, 0.6) is 0 Å². The highest BCUT2D eigenvalue weighted by Crippen LogP contribution is 2.26. The SMILES string of the molecule is CC1CCN(c2ncc(C[NH+]3CCN(c4ccccc4)CC3)s2)CC1. The molecule has 0 atom stereocenters. The fourth-order valence-corrected chi connectivity index (χ4v) is 4.90. The summed E-state index contributed by atoms with van der Waals surface area (Å²) in [5, 5.41) is 1.24. The molecule has 4 nitrogen and oxygen atoms in total. The summed E-state index contributed by atoms with van der Waals surface area (Å²) < 4.78 is 0. The lowest BCUT2D eigenvalue weighted by molar-refractivity contribution is -0.914. The first kappa shape index (κ1) is 16.9. The van der Waals surface area contributed by atoms with Crippen molar-refractivity contribution in [1.29, 1.82) is 0 Å². The number of hydrogen-bond donors (Lipinski definition) is 1. The summed E-state index contributed by atoms with van der Waals surface area (Å²) in [6, 6.07) is 10.8.